The first-order valence-corrected chi connectivity index (χ1v) is 9.10. The number of aromatic nitrogens is 1. The Labute approximate surface area is 137 Å². The number of nitrogens with zero attached hydrogens (tertiary/aromatic N) is 1. The predicted molar refractivity (Wildman–Crippen MR) is 94.6 cm³/mol. The number of hydrogen-bond donors (Lipinski definition) is 1. The Bertz CT molecular complexity index is 756. The monoisotopic (exact) mass is 328 g/mol. The van der Waals surface area contributed by atoms with Crippen LogP contribution in [0.2, 0.25) is 0 Å². The minimum Gasteiger partial charge on any atom is -0.350 e. The van der Waals surface area contributed by atoms with Gasteiger partial charge in [0.25, 0.3) is 5.91 Å². The van der Waals surface area contributed by atoms with Crippen LogP contribution in [-0.4, -0.2) is 23.2 Å². The van der Waals surface area contributed by atoms with Crippen LogP contribution >= 0.6 is 23.1 Å². The first-order valence-electron chi connectivity index (χ1n) is 7.07. The fourth-order valence-corrected chi connectivity index (χ4v) is 3.79. The number of amides is 1. The summed E-state index contributed by atoms with van der Waals surface area (Å²) in [4.78, 5) is 17.9. The van der Waals surface area contributed by atoms with Gasteiger partial charge in [-0.05, 0) is 23.6 Å². The van der Waals surface area contributed by atoms with Crippen LogP contribution in [0.4, 0.5) is 0 Å². The summed E-state index contributed by atoms with van der Waals surface area (Å²) in [6.45, 7) is 0.656. The molecule has 2 aromatic heterocycles. The van der Waals surface area contributed by atoms with Gasteiger partial charge in [-0.25, -0.2) is 4.98 Å². The van der Waals surface area contributed by atoms with Crippen molar-refractivity contribution in [3.8, 4) is 0 Å². The molecular weight excluding hydrogens is 312 g/mol. The van der Waals surface area contributed by atoms with Crippen molar-refractivity contribution in [1.82, 2.24) is 10.3 Å². The predicted octanol–water partition coefficient (Wildman–Crippen LogP) is 3.96. The van der Waals surface area contributed by atoms with Crippen molar-refractivity contribution in [3.63, 3.8) is 0 Å². The lowest BCUT2D eigenvalue weighted by molar-refractivity contribution is 0.0951. The van der Waals surface area contributed by atoms with Gasteiger partial charge < -0.3 is 5.32 Å². The third kappa shape index (κ3) is 3.87. The second-order valence-corrected chi connectivity index (χ2v) is 6.91. The normalized spacial score (nSPS) is 10.7. The molecule has 112 valence electrons. The molecule has 3 aromatic rings. The quantitative estimate of drug-likeness (QED) is 0.697. The highest BCUT2D eigenvalue weighted by Gasteiger charge is 2.07. The van der Waals surface area contributed by atoms with Gasteiger partial charge in [0.15, 0.2) is 0 Å². The highest BCUT2D eigenvalue weighted by atomic mass is 32.2. The van der Waals surface area contributed by atoms with Gasteiger partial charge in [0, 0.05) is 28.3 Å². The van der Waals surface area contributed by atoms with Crippen molar-refractivity contribution >= 4 is 39.9 Å². The van der Waals surface area contributed by atoms with Gasteiger partial charge in [-0.2, -0.15) is 11.8 Å². The molecule has 1 amide bonds. The maximum Gasteiger partial charge on any atom is 0.269 e. The molecule has 1 N–H and O–H groups in total. The second-order valence-electron chi connectivity index (χ2n) is 4.78. The number of carbonyl (C=O) groups is 1. The topological polar surface area (TPSA) is 42.0 Å². The van der Waals surface area contributed by atoms with E-state index in [4.69, 9.17) is 0 Å². The van der Waals surface area contributed by atoms with Gasteiger partial charge in [-0.3, -0.25) is 4.79 Å². The fraction of sp³-hybridized carbons (Fsp3) is 0.176. The molecule has 0 radical (unpaired) electrons. The number of pyridine rings is 1. The minimum atomic E-state index is -0.109. The van der Waals surface area contributed by atoms with Gasteiger partial charge in [0.05, 0.1) is 5.52 Å². The number of thioether (sulfide) groups is 1. The first kappa shape index (κ1) is 15.1. The van der Waals surface area contributed by atoms with Gasteiger partial charge in [0.1, 0.15) is 5.69 Å². The van der Waals surface area contributed by atoms with Crippen LogP contribution in [-0.2, 0) is 5.75 Å². The molecule has 0 atom stereocenters. The average Bonchev–Trinajstić information content (AvgIpc) is 3.07. The third-order valence-electron chi connectivity index (χ3n) is 3.19. The summed E-state index contributed by atoms with van der Waals surface area (Å²) in [5, 5.41) is 6.06. The van der Waals surface area contributed by atoms with Crippen molar-refractivity contribution < 1.29 is 4.79 Å². The van der Waals surface area contributed by atoms with Crippen LogP contribution in [0.25, 0.3) is 10.9 Å². The van der Waals surface area contributed by atoms with Crippen LogP contribution in [0.1, 0.15) is 15.4 Å². The molecule has 0 bridgehead atoms. The fourth-order valence-electron chi connectivity index (χ4n) is 2.09. The van der Waals surface area contributed by atoms with E-state index < -0.39 is 0 Å². The van der Waals surface area contributed by atoms with E-state index in [2.05, 4.69) is 27.8 Å². The van der Waals surface area contributed by atoms with E-state index in [1.54, 1.807) is 17.4 Å². The van der Waals surface area contributed by atoms with Gasteiger partial charge in [-0.1, -0.05) is 30.3 Å². The lowest BCUT2D eigenvalue weighted by atomic mass is 10.2. The van der Waals surface area contributed by atoms with Crippen LogP contribution in [0.15, 0.2) is 53.9 Å². The van der Waals surface area contributed by atoms with Crippen molar-refractivity contribution in [2.45, 2.75) is 5.75 Å². The zero-order valence-corrected chi connectivity index (χ0v) is 13.6. The number of fused-ring (bicyclic) bond motifs is 1. The molecule has 5 heteroatoms. The lowest BCUT2D eigenvalue weighted by Gasteiger charge is -2.05. The molecule has 22 heavy (non-hydrogen) atoms. The molecule has 0 aliphatic carbocycles. The van der Waals surface area contributed by atoms with Crippen LogP contribution in [0, 0.1) is 0 Å². The molecule has 0 fully saturated rings. The summed E-state index contributed by atoms with van der Waals surface area (Å²) in [5.41, 5.74) is 1.32. The Kier molecular flexibility index (Phi) is 5.08. The summed E-state index contributed by atoms with van der Waals surface area (Å²) in [5.74, 6) is 1.79. The Balaban J connectivity index is 1.48. The van der Waals surface area contributed by atoms with E-state index in [0.717, 1.165) is 22.4 Å². The summed E-state index contributed by atoms with van der Waals surface area (Å²) in [6, 6.07) is 15.7. The highest BCUT2D eigenvalue weighted by Crippen LogP contribution is 2.16. The number of nitrogens with one attached hydrogen (secondary N) is 1. The molecular formula is C17H16N2OS2. The van der Waals surface area contributed by atoms with Crippen molar-refractivity contribution in [3.05, 3.63) is 64.5 Å². The largest absolute Gasteiger partial charge is 0.350 e. The number of thiophene rings is 1. The van der Waals surface area contributed by atoms with Crippen LogP contribution < -0.4 is 5.32 Å². The van der Waals surface area contributed by atoms with E-state index in [9.17, 15) is 4.79 Å². The average molecular weight is 328 g/mol. The van der Waals surface area contributed by atoms with Crippen LogP contribution in [0.5, 0.6) is 0 Å². The molecule has 0 saturated heterocycles. The standard InChI is InChI=1S/C17H16N2OS2/c20-17(18-9-11-21-12-14-5-3-10-22-14)16-8-7-13-4-1-2-6-15(13)19-16/h1-8,10H,9,11-12H2,(H,18,20). The maximum atomic E-state index is 12.1. The van der Waals surface area contributed by atoms with Crippen molar-refractivity contribution in [1.29, 1.82) is 0 Å². The zero-order chi connectivity index (χ0) is 15.2. The van der Waals surface area contributed by atoms with E-state index in [1.165, 1.54) is 4.88 Å². The lowest BCUT2D eigenvalue weighted by Crippen LogP contribution is -2.26. The molecule has 0 unspecified atom stereocenters. The molecule has 3 rings (SSSR count). The third-order valence-corrected chi connectivity index (χ3v) is 5.25. The minimum absolute atomic E-state index is 0.109. The molecule has 2 heterocycles. The van der Waals surface area contributed by atoms with Gasteiger partial charge in [-0.15, -0.1) is 11.3 Å². The number of carbonyl (C=O) groups excluding carboxylic acids is 1. The Morgan fingerprint density at radius 2 is 2.05 bits per heavy atom. The Hall–Kier alpha value is -1.85. The first-order chi connectivity index (χ1) is 10.8. The smallest absolute Gasteiger partial charge is 0.269 e. The van der Waals surface area contributed by atoms with E-state index in [-0.39, 0.29) is 5.91 Å². The van der Waals surface area contributed by atoms with Crippen molar-refractivity contribution in [2.75, 3.05) is 12.3 Å². The van der Waals surface area contributed by atoms with Gasteiger partial charge >= 0.3 is 0 Å². The summed E-state index contributed by atoms with van der Waals surface area (Å²) in [7, 11) is 0. The van der Waals surface area contributed by atoms with E-state index in [0.29, 0.717) is 12.2 Å². The van der Waals surface area contributed by atoms with Crippen molar-refractivity contribution in [2.24, 2.45) is 0 Å². The number of rotatable bonds is 6. The molecule has 1 aromatic carbocycles. The summed E-state index contributed by atoms with van der Waals surface area (Å²) < 4.78 is 0. The molecule has 0 aliphatic rings. The molecule has 0 spiro atoms. The van der Waals surface area contributed by atoms with E-state index >= 15 is 0 Å². The van der Waals surface area contributed by atoms with Gasteiger partial charge in [0.2, 0.25) is 0 Å². The SMILES string of the molecule is O=C(NCCSCc1cccs1)c1ccc2ccccc2n1. The zero-order valence-electron chi connectivity index (χ0n) is 12.0. The summed E-state index contributed by atoms with van der Waals surface area (Å²) in [6.07, 6.45) is 0. The molecule has 0 aliphatic heterocycles. The molecule has 3 nitrogen and oxygen atoms in total. The Morgan fingerprint density at radius 3 is 2.91 bits per heavy atom. The number of benzene rings is 1. The second kappa shape index (κ2) is 7.42. The number of hydrogen-bond acceptors (Lipinski definition) is 4. The maximum absolute atomic E-state index is 12.1. The van der Waals surface area contributed by atoms with Crippen LogP contribution in [0.3, 0.4) is 0 Å². The highest BCUT2D eigenvalue weighted by molar-refractivity contribution is 7.98. The summed E-state index contributed by atoms with van der Waals surface area (Å²) >= 11 is 3.59. The number of para-hydroxylation sites is 1. The molecule has 0 saturated carbocycles. The Morgan fingerprint density at radius 1 is 1.14 bits per heavy atom. The van der Waals surface area contributed by atoms with E-state index in [1.807, 2.05) is 42.1 Å².